The van der Waals surface area contributed by atoms with Crippen molar-refractivity contribution in [3.63, 3.8) is 0 Å². The molecule has 16 heteroatoms. The Bertz CT molecular complexity index is 1780. The fourth-order valence-corrected chi connectivity index (χ4v) is 4.83. The Hall–Kier alpha value is -4.89. The van der Waals surface area contributed by atoms with Crippen molar-refractivity contribution in [1.29, 1.82) is 0 Å². The lowest BCUT2D eigenvalue weighted by Crippen LogP contribution is -2.40. The van der Waals surface area contributed by atoms with E-state index in [0.29, 0.717) is 6.07 Å². The molecule has 2 atom stereocenters. The van der Waals surface area contributed by atoms with E-state index in [4.69, 9.17) is 20.9 Å². The van der Waals surface area contributed by atoms with Crippen LogP contribution in [0.25, 0.3) is 11.3 Å². The Morgan fingerprint density at radius 3 is 2.48 bits per heavy atom. The first-order valence-corrected chi connectivity index (χ1v) is 13.7. The molecule has 5 N–H and O–H groups in total. The molecule has 5 rings (SSSR count). The van der Waals surface area contributed by atoms with E-state index < -0.39 is 82.7 Å². The maximum atomic E-state index is 14.9. The van der Waals surface area contributed by atoms with Gasteiger partial charge in [0.05, 0.1) is 18.5 Å². The number of nitrogen functional groups attached to an aromatic ring is 1. The zero-order chi connectivity index (χ0) is 33.8. The number of aromatic nitrogens is 1. The number of nitrogens with zero attached hydrogens (tertiary/aromatic N) is 2. The van der Waals surface area contributed by atoms with E-state index in [9.17, 15) is 40.3 Å². The number of benzene rings is 2. The van der Waals surface area contributed by atoms with Gasteiger partial charge in [0.2, 0.25) is 5.91 Å². The van der Waals surface area contributed by atoms with Gasteiger partial charge in [0.25, 0.3) is 5.91 Å². The number of fused-ring (bicyclic) bond motifs is 1. The number of amides is 2. The van der Waals surface area contributed by atoms with E-state index in [2.05, 4.69) is 15.3 Å². The largest absolute Gasteiger partial charge is 0.495 e. The van der Waals surface area contributed by atoms with Gasteiger partial charge in [-0.1, -0.05) is 0 Å². The second kappa shape index (κ2) is 11.5. The topological polar surface area (TPSA) is 142 Å². The van der Waals surface area contributed by atoms with Crippen molar-refractivity contribution in [3.8, 4) is 22.8 Å². The van der Waals surface area contributed by atoms with Crippen LogP contribution in [0.3, 0.4) is 0 Å². The van der Waals surface area contributed by atoms with Crippen molar-refractivity contribution in [2.24, 2.45) is 10.7 Å². The lowest BCUT2D eigenvalue weighted by molar-refractivity contribution is -0.149. The van der Waals surface area contributed by atoms with Gasteiger partial charge in [0.1, 0.15) is 35.1 Å². The Balaban J connectivity index is 1.55. The molecule has 1 fully saturated rings. The van der Waals surface area contributed by atoms with Gasteiger partial charge in [0.15, 0.2) is 23.2 Å². The molecule has 1 aromatic heterocycles. The monoisotopic (exact) mass is 653 g/mol. The Morgan fingerprint density at radius 2 is 1.87 bits per heavy atom. The summed E-state index contributed by atoms with van der Waals surface area (Å²) in [6.07, 6.45) is -3.58. The second-order valence-electron chi connectivity index (χ2n) is 11.1. The van der Waals surface area contributed by atoms with Gasteiger partial charge in [0, 0.05) is 47.9 Å². The van der Waals surface area contributed by atoms with E-state index in [1.54, 1.807) is 0 Å². The molecule has 1 unspecified atom stereocenters. The quantitative estimate of drug-likeness (QED) is 0.0992. The number of ether oxygens (including phenoxy) is 2. The number of anilines is 1. The van der Waals surface area contributed by atoms with Crippen LogP contribution in [0, 0.1) is 17.5 Å². The number of methoxy groups -OCH3 is 1. The molecular formula is C30H26F7N5O4. The molecule has 1 saturated carbocycles. The third-order valence-corrected chi connectivity index (χ3v) is 7.90. The zero-order valence-corrected chi connectivity index (χ0v) is 24.2. The highest BCUT2D eigenvalue weighted by Gasteiger charge is 2.48. The highest BCUT2D eigenvalue weighted by molar-refractivity contribution is 5.99. The predicted molar refractivity (Wildman–Crippen MR) is 151 cm³/mol. The molecule has 1 aliphatic heterocycles. The number of carbonyl (C=O) groups is 2. The summed E-state index contributed by atoms with van der Waals surface area (Å²) < 4.78 is 111. The molecule has 2 heterocycles. The Morgan fingerprint density at radius 1 is 1.17 bits per heavy atom. The summed E-state index contributed by atoms with van der Waals surface area (Å²) in [7, 11) is 1.24. The van der Waals surface area contributed by atoms with Crippen molar-refractivity contribution in [3.05, 3.63) is 70.2 Å². The normalized spacial score (nSPS) is 19.0. The molecule has 244 valence electrons. The summed E-state index contributed by atoms with van der Waals surface area (Å²) in [6.45, 7) is -0.293. The zero-order valence-electron chi connectivity index (χ0n) is 24.2. The van der Waals surface area contributed by atoms with Crippen LogP contribution in [0.1, 0.15) is 52.9 Å². The van der Waals surface area contributed by atoms with Gasteiger partial charge in [-0.05, 0) is 37.3 Å². The lowest BCUT2D eigenvalue weighted by Gasteiger charge is -2.24. The number of hydrogen-bond acceptors (Lipinski definition) is 7. The number of pyridine rings is 1. The number of hydrogen-bond donors (Lipinski definition) is 3. The van der Waals surface area contributed by atoms with Crippen molar-refractivity contribution >= 4 is 23.7 Å². The summed E-state index contributed by atoms with van der Waals surface area (Å²) in [4.78, 5) is 33.2. The molecule has 2 amide bonds. The van der Waals surface area contributed by atoms with Gasteiger partial charge in [-0.2, -0.15) is 13.2 Å². The third-order valence-electron chi connectivity index (χ3n) is 7.90. The summed E-state index contributed by atoms with van der Waals surface area (Å²) in [5, 5.41) is 2.16. The van der Waals surface area contributed by atoms with Crippen LogP contribution in [0.15, 0.2) is 35.3 Å². The van der Waals surface area contributed by atoms with Crippen LogP contribution in [0.2, 0.25) is 0 Å². The first kappa shape index (κ1) is 32.5. The van der Waals surface area contributed by atoms with E-state index >= 15 is 0 Å². The standard InChI is InChI=1S/C30H26F7N5O4/c1-28(27(39)44)12-46-25-16(28)9-19(42-24(25)15-3-4-18(31)22(33)21(15)32)17(30(35,36)37)11-40-26(43)13-7-14(10-41-29(34)5-6-29)23(38)20(8-13)45-2/h3-4,7-10,17H,5-6,11-12,38H2,1-2H3,(H2,39,44)(H,40,43)/b41-10+/t17?,28-/m0/s1. The number of halogens is 7. The summed E-state index contributed by atoms with van der Waals surface area (Å²) in [6, 6.07) is 4.57. The third kappa shape index (κ3) is 5.90. The SMILES string of the molecule is COc1cc(C(=O)NCC(c2cc3c(c(-c4ccc(F)c(F)c4F)n2)OC[C@]3(C)C(N)=O)C(F)(F)F)cc(/C=N/C2(F)CC2)c1N. The van der Waals surface area contributed by atoms with Gasteiger partial charge in [-0.15, -0.1) is 0 Å². The maximum absolute atomic E-state index is 14.9. The van der Waals surface area contributed by atoms with Crippen LogP contribution < -0.4 is 26.3 Å². The minimum absolute atomic E-state index is 0.0132. The Labute approximate surface area is 256 Å². The molecule has 2 aromatic carbocycles. The summed E-state index contributed by atoms with van der Waals surface area (Å²) in [5.41, 5.74) is 7.37. The number of carbonyl (C=O) groups excluding carboxylic acids is 2. The van der Waals surface area contributed by atoms with Crippen molar-refractivity contribution in [1.82, 2.24) is 10.3 Å². The number of aliphatic imine (C=N–C) groups is 1. The van der Waals surface area contributed by atoms with Crippen LogP contribution >= 0.6 is 0 Å². The van der Waals surface area contributed by atoms with E-state index in [0.717, 1.165) is 18.3 Å². The maximum Gasteiger partial charge on any atom is 0.398 e. The van der Waals surface area contributed by atoms with Gasteiger partial charge < -0.3 is 26.3 Å². The molecule has 0 spiro atoms. The van der Waals surface area contributed by atoms with E-state index in [1.807, 2.05) is 0 Å². The average Bonchev–Trinajstić information content (AvgIpc) is 3.63. The average molecular weight is 654 g/mol. The minimum atomic E-state index is -5.09. The van der Waals surface area contributed by atoms with Gasteiger partial charge in [-0.25, -0.2) is 22.5 Å². The van der Waals surface area contributed by atoms with Crippen molar-refractivity contribution < 1.29 is 49.8 Å². The van der Waals surface area contributed by atoms with Crippen molar-refractivity contribution in [2.75, 3.05) is 26.0 Å². The molecule has 1 aliphatic carbocycles. The molecule has 0 radical (unpaired) electrons. The van der Waals surface area contributed by atoms with Gasteiger partial charge in [-0.3, -0.25) is 14.6 Å². The van der Waals surface area contributed by atoms with Crippen LogP contribution in [0.5, 0.6) is 11.5 Å². The molecule has 9 nitrogen and oxygen atoms in total. The fourth-order valence-electron chi connectivity index (χ4n) is 4.83. The first-order valence-electron chi connectivity index (χ1n) is 13.7. The van der Waals surface area contributed by atoms with Gasteiger partial charge >= 0.3 is 6.18 Å². The van der Waals surface area contributed by atoms with E-state index in [-0.39, 0.29) is 46.7 Å². The number of primary amides is 1. The highest BCUT2D eigenvalue weighted by atomic mass is 19.4. The molecule has 0 bridgehead atoms. The van der Waals surface area contributed by atoms with E-state index in [1.165, 1.54) is 26.2 Å². The van der Waals surface area contributed by atoms with Crippen LogP contribution in [-0.4, -0.2) is 55.2 Å². The molecule has 3 aromatic rings. The lowest BCUT2D eigenvalue weighted by atomic mass is 9.82. The molecular weight excluding hydrogens is 627 g/mol. The van der Waals surface area contributed by atoms with Crippen LogP contribution in [0.4, 0.5) is 36.4 Å². The predicted octanol–water partition coefficient (Wildman–Crippen LogP) is 4.85. The number of alkyl halides is 4. The number of nitrogens with two attached hydrogens (primary N) is 2. The minimum Gasteiger partial charge on any atom is -0.495 e. The smallest absolute Gasteiger partial charge is 0.398 e. The summed E-state index contributed by atoms with van der Waals surface area (Å²) >= 11 is 0. The number of rotatable bonds is 9. The molecule has 2 aliphatic rings. The highest BCUT2D eigenvalue weighted by Crippen LogP contribution is 2.47. The van der Waals surface area contributed by atoms with Crippen LogP contribution in [-0.2, 0) is 10.2 Å². The number of nitrogens with one attached hydrogen (secondary N) is 1. The Kier molecular flexibility index (Phi) is 8.11. The summed E-state index contributed by atoms with van der Waals surface area (Å²) in [5.74, 6) is -11.9. The first-order chi connectivity index (χ1) is 21.5. The fraction of sp³-hybridized carbons (Fsp3) is 0.333. The second-order valence-corrected chi connectivity index (χ2v) is 11.1. The molecule has 46 heavy (non-hydrogen) atoms. The van der Waals surface area contributed by atoms with Crippen molar-refractivity contribution in [2.45, 2.75) is 43.1 Å². The molecule has 0 saturated heterocycles.